The standard InChI is InChI=1S/C25H28N2O2/c1-29-24-14-12-21(13-15-24)16-18-26-25(28)17-19-27(23-10-6-3-7-11-23)20-22-8-4-2-5-9-22/h2-15H,16-20H2,1H3,(H,26,28). The number of methoxy groups -OCH3 is 1. The van der Waals surface area contributed by atoms with Crippen molar-refractivity contribution in [3.8, 4) is 5.75 Å². The van der Waals surface area contributed by atoms with Crippen molar-refractivity contribution in [2.75, 3.05) is 25.1 Å². The maximum absolute atomic E-state index is 12.4. The van der Waals surface area contributed by atoms with Gasteiger partial charge in [0.25, 0.3) is 0 Å². The second kappa shape index (κ2) is 10.9. The quantitative estimate of drug-likeness (QED) is 0.558. The molecule has 0 aliphatic rings. The van der Waals surface area contributed by atoms with Crippen LogP contribution in [0.15, 0.2) is 84.9 Å². The Balaban J connectivity index is 1.49. The minimum atomic E-state index is 0.0764. The number of hydrogen-bond acceptors (Lipinski definition) is 3. The largest absolute Gasteiger partial charge is 0.497 e. The summed E-state index contributed by atoms with van der Waals surface area (Å²) in [7, 11) is 1.66. The smallest absolute Gasteiger partial charge is 0.221 e. The number of benzene rings is 3. The number of carbonyl (C=O) groups excluding carboxylic acids is 1. The molecule has 1 N–H and O–H groups in total. The fourth-order valence-corrected chi connectivity index (χ4v) is 3.21. The molecule has 3 rings (SSSR count). The summed E-state index contributed by atoms with van der Waals surface area (Å²) in [6.45, 7) is 2.09. The van der Waals surface area contributed by atoms with Crippen LogP contribution in [-0.2, 0) is 17.8 Å². The van der Waals surface area contributed by atoms with Crippen LogP contribution in [0.5, 0.6) is 5.75 Å². The van der Waals surface area contributed by atoms with Gasteiger partial charge in [-0.1, -0.05) is 60.7 Å². The molecule has 0 spiro atoms. The van der Waals surface area contributed by atoms with Crippen LogP contribution in [0.3, 0.4) is 0 Å². The number of carbonyl (C=O) groups is 1. The first-order valence-electron chi connectivity index (χ1n) is 9.98. The van der Waals surface area contributed by atoms with Gasteiger partial charge in [0.2, 0.25) is 5.91 Å². The van der Waals surface area contributed by atoms with E-state index in [-0.39, 0.29) is 5.91 Å². The summed E-state index contributed by atoms with van der Waals surface area (Å²) in [6, 6.07) is 28.5. The molecule has 0 bridgehead atoms. The van der Waals surface area contributed by atoms with Crippen molar-refractivity contribution in [3.05, 3.63) is 96.1 Å². The van der Waals surface area contributed by atoms with Gasteiger partial charge in [-0.3, -0.25) is 4.79 Å². The summed E-state index contributed by atoms with van der Waals surface area (Å²) in [5, 5.41) is 3.03. The van der Waals surface area contributed by atoms with Gasteiger partial charge in [-0.25, -0.2) is 0 Å². The molecule has 0 aromatic heterocycles. The molecule has 0 heterocycles. The molecular formula is C25H28N2O2. The SMILES string of the molecule is COc1ccc(CCNC(=O)CCN(Cc2ccccc2)c2ccccc2)cc1. The Morgan fingerprint density at radius 3 is 2.17 bits per heavy atom. The van der Waals surface area contributed by atoms with Crippen LogP contribution < -0.4 is 15.0 Å². The van der Waals surface area contributed by atoms with Crippen molar-refractivity contribution in [2.24, 2.45) is 0 Å². The molecule has 3 aromatic carbocycles. The van der Waals surface area contributed by atoms with Crippen LogP contribution in [0, 0.1) is 0 Å². The van der Waals surface area contributed by atoms with Gasteiger partial charge in [-0.2, -0.15) is 0 Å². The Morgan fingerprint density at radius 2 is 1.52 bits per heavy atom. The summed E-state index contributed by atoms with van der Waals surface area (Å²) in [4.78, 5) is 14.6. The second-order valence-electron chi connectivity index (χ2n) is 6.94. The van der Waals surface area contributed by atoms with E-state index in [4.69, 9.17) is 4.74 Å². The summed E-state index contributed by atoms with van der Waals surface area (Å²) < 4.78 is 5.17. The number of amides is 1. The maximum atomic E-state index is 12.4. The summed E-state index contributed by atoms with van der Waals surface area (Å²) in [5.74, 6) is 0.921. The molecule has 0 fully saturated rings. The second-order valence-corrected chi connectivity index (χ2v) is 6.94. The van der Waals surface area contributed by atoms with E-state index in [1.807, 2.05) is 60.7 Å². The van der Waals surface area contributed by atoms with E-state index in [0.717, 1.165) is 24.4 Å². The molecule has 0 saturated carbocycles. The Hall–Kier alpha value is -3.27. The van der Waals surface area contributed by atoms with Gasteiger partial charge < -0.3 is 15.0 Å². The van der Waals surface area contributed by atoms with Gasteiger partial charge in [0.05, 0.1) is 7.11 Å². The molecule has 1 amide bonds. The third-order valence-electron chi connectivity index (χ3n) is 4.84. The van der Waals surface area contributed by atoms with Crippen LogP contribution in [0.2, 0.25) is 0 Å². The van der Waals surface area contributed by atoms with Crippen molar-refractivity contribution >= 4 is 11.6 Å². The first-order chi connectivity index (χ1) is 14.2. The molecule has 0 aliphatic carbocycles. The van der Waals surface area contributed by atoms with Crippen LogP contribution in [0.4, 0.5) is 5.69 Å². The third-order valence-corrected chi connectivity index (χ3v) is 4.84. The van der Waals surface area contributed by atoms with Gasteiger partial charge in [-0.15, -0.1) is 0 Å². The van der Waals surface area contributed by atoms with Crippen molar-refractivity contribution in [1.82, 2.24) is 5.32 Å². The predicted octanol–water partition coefficient (Wildman–Crippen LogP) is 4.45. The van der Waals surface area contributed by atoms with Crippen molar-refractivity contribution in [2.45, 2.75) is 19.4 Å². The lowest BCUT2D eigenvalue weighted by atomic mass is 10.1. The lowest BCUT2D eigenvalue weighted by molar-refractivity contribution is -0.120. The van der Waals surface area contributed by atoms with Crippen molar-refractivity contribution in [1.29, 1.82) is 0 Å². The van der Waals surface area contributed by atoms with E-state index in [1.165, 1.54) is 11.1 Å². The number of nitrogens with zero attached hydrogens (tertiary/aromatic N) is 1. The van der Waals surface area contributed by atoms with Crippen LogP contribution >= 0.6 is 0 Å². The van der Waals surface area contributed by atoms with Gasteiger partial charge in [-0.05, 0) is 41.8 Å². The van der Waals surface area contributed by atoms with E-state index in [1.54, 1.807) is 7.11 Å². The van der Waals surface area contributed by atoms with E-state index in [2.05, 4.69) is 34.5 Å². The fourth-order valence-electron chi connectivity index (χ4n) is 3.21. The summed E-state index contributed by atoms with van der Waals surface area (Å²) in [5.41, 5.74) is 3.54. The fraction of sp³-hybridized carbons (Fsp3) is 0.240. The highest BCUT2D eigenvalue weighted by molar-refractivity contribution is 5.76. The van der Waals surface area contributed by atoms with E-state index in [0.29, 0.717) is 19.5 Å². The Kier molecular flexibility index (Phi) is 7.70. The van der Waals surface area contributed by atoms with Crippen LogP contribution in [-0.4, -0.2) is 26.1 Å². The molecule has 0 atom stereocenters. The first-order valence-corrected chi connectivity index (χ1v) is 9.98. The number of para-hydroxylation sites is 1. The molecule has 4 nitrogen and oxygen atoms in total. The zero-order valence-electron chi connectivity index (χ0n) is 16.9. The molecule has 29 heavy (non-hydrogen) atoms. The molecule has 3 aromatic rings. The lowest BCUT2D eigenvalue weighted by Crippen LogP contribution is -2.31. The average Bonchev–Trinajstić information content (AvgIpc) is 2.78. The van der Waals surface area contributed by atoms with Gasteiger partial charge in [0.1, 0.15) is 5.75 Å². The van der Waals surface area contributed by atoms with Crippen molar-refractivity contribution in [3.63, 3.8) is 0 Å². The highest BCUT2D eigenvalue weighted by Gasteiger charge is 2.10. The predicted molar refractivity (Wildman–Crippen MR) is 118 cm³/mol. The number of rotatable bonds is 10. The Morgan fingerprint density at radius 1 is 0.862 bits per heavy atom. The zero-order chi connectivity index (χ0) is 20.3. The molecule has 150 valence electrons. The number of anilines is 1. The maximum Gasteiger partial charge on any atom is 0.221 e. The zero-order valence-corrected chi connectivity index (χ0v) is 16.9. The normalized spacial score (nSPS) is 10.4. The first kappa shape index (κ1) is 20.5. The molecule has 0 radical (unpaired) electrons. The third kappa shape index (κ3) is 6.68. The van der Waals surface area contributed by atoms with Gasteiger partial charge in [0, 0.05) is 31.7 Å². The van der Waals surface area contributed by atoms with Crippen LogP contribution in [0.25, 0.3) is 0 Å². The molecule has 4 heteroatoms. The molecule has 0 unspecified atom stereocenters. The number of nitrogens with one attached hydrogen (secondary N) is 1. The number of hydrogen-bond donors (Lipinski definition) is 1. The van der Waals surface area contributed by atoms with Gasteiger partial charge in [0.15, 0.2) is 0 Å². The van der Waals surface area contributed by atoms with E-state index >= 15 is 0 Å². The van der Waals surface area contributed by atoms with E-state index < -0.39 is 0 Å². The average molecular weight is 389 g/mol. The van der Waals surface area contributed by atoms with Crippen LogP contribution in [0.1, 0.15) is 17.5 Å². The number of ether oxygens (including phenoxy) is 1. The van der Waals surface area contributed by atoms with Crippen molar-refractivity contribution < 1.29 is 9.53 Å². The summed E-state index contributed by atoms with van der Waals surface area (Å²) in [6.07, 6.45) is 1.27. The topological polar surface area (TPSA) is 41.6 Å². The minimum absolute atomic E-state index is 0.0764. The summed E-state index contributed by atoms with van der Waals surface area (Å²) >= 11 is 0. The van der Waals surface area contributed by atoms with Gasteiger partial charge >= 0.3 is 0 Å². The molecule has 0 aliphatic heterocycles. The minimum Gasteiger partial charge on any atom is -0.497 e. The van der Waals surface area contributed by atoms with E-state index in [9.17, 15) is 4.79 Å². The highest BCUT2D eigenvalue weighted by Crippen LogP contribution is 2.17. The Bertz CT molecular complexity index is 864. The molecular weight excluding hydrogens is 360 g/mol. The molecule has 0 saturated heterocycles. The Labute approximate surface area is 173 Å². The monoisotopic (exact) mass is 388 g/mol. The highest BCUT2D eigenvalue weighted by atomic mass is 16.5. The lowest BCUT2D eigenvalue weighted by Gasteiger charge is -2.25.